The van der Waals surface area contributed by atoms with E-state index in [0.717, 1.165) is 18.8 Å². The summed E-state index contributed by atoms with van der Waals surface area (Å²) in [5.41, 5.74) is 2.72. The lowest BCUT2D eigenvalue weighted by Crippen LogP contribution is -2.16. The minimum Gasteiger partial charge on any atom is -0.493 e. The van der Waals surface area contributed by atoms with E-state index in [2.05, 4.69) is 71.6 Å². The van der Waals surface area contributed by atoms with E-state index in [0.29, 0.717) is 11.8 Å². The number of hydrogen-bond donors (Lipinski definition) is 0. The molecule has 0 bridgehead atoms. The first-order valence-corrected chi connectivity index (χ1v) is 7.92. The second-order valence-corrected chi connectivity index (χ2v) is 7.24. The van der Waals surface area contributed by atoms with Gasteiger partial charge in [-0.2, -0.15) is 0 Å². The van der Waals surface area contributed by atoms with Crippen molar-refractivity contribution in [3.63, 3.8) is 0 Å². The normalized spacial score (nSPS) is 12.8. The zero-order valence-corrected chi connectivity index (χ0v) is 14.7. The molecule has 0 fully saturated rings. The molecule has 0 spiro atoms. The highest BCUT2D eigenvalue weighted by atomic mass is 16.5. The third-order valence-corrected chi connectivity index (χ3v) is 3.54. The third-order valence-electron chi connectivity index (χ3n) is 3.54. The lowest BCUT2D eigenvalue weighted by Gasteiger charge is -2.25. The second kappa shape index (κ2) is 7.55. The molecule has 0 saturated carbocycles. The first-order valence-electron chi connectivity index (χ1n) is 7.92. The molecule has 1 unspecified atom stereocenters. The van der Waals surface area contributed by atoms with Gasteiger partial charge in [-0.25, -0.2) is 0 Å². The first-order chi connectivity index (χ1) is 9.75. The Hall–Kier alpha value is -1.42. The van der Waals surface area contributed by atoms with Crippen LogP contribution in [-0.2, 0) is 5.41 Å². The first kappa shape index (κ1) is 17.6. The van der Waals surface area contributed by atoms with Crippen LogP contribution >= 0.6 is 0 Å². The average Bonchev–Trinajstić information content (AvgIpc) is 2.41. The van der Waals surface area contributed by atoms with Gasteiger partial charge in [0.2, 0.25) is 0 Å². The summed E-state index contributed by atoms with van der Waals surface area (Å²) in [6.45, 7) is 16.0. The smallest absolute Gasteiger partial charge is 0.123 e. The van der Waals surface area contributed by atoms with Gasteiger partial charge < -0.3 is 4.74 Å². The van der Waals surface area contributed by atoms with Crippen LogP contribution < -0.4 is 4.74 Å². The van der Waals surface area contributed by atoms with E-state index >= 15 is 0 Å². The van der Waals surface area contributed by atoms with Gasteiger partial charge in [-0.3, -0.25) is 0 Å². The standard InChI is InChI=1S/C20H30O/c1-8-9-10-16(4)17-11-12-19(21-14-15(2)3)18(13-17)20(5,6)7/h11-13,15-16H,10,14H2,1-7H3. The molecule has 21 heavy (non-hydrogen) atoms. The van der Waals surface area contributed by atoms with Crippen molar-refractivity contribution < 1.29 is 4.74 Å². The summed E-state index contributed by atoms with van der Waals surface area (Å²) in [6, 6.07) is 6.62. The van der Waals surface area contributed by atoms with Gasteiger partial charge in [0.15, 0.2) is 0 Å². The summed E-state index contributed by atoms with van der Waals surface area (Å²) in [7, 11) is 0. The Morgan fingerprint density at radius 1 is 1.14 bits per heavy atom. The molecule has 1 atom stereocenters. The summed E-state index contributed by atoms with van der Waals surface area (Å²) in [5, 5.41) is 0. The quantitative estimate of drug-likeness (QED) is 0.646. The summed E-state index contributed by atoms with van der Waals surface area (Å²) in [6.07, 6.45) is 0.909. The minimum atomic E-state index is 0.0818. The van der Waals surface area contributed by atoms with Crippen molar-refractivity contribution in [2.24, 2.45) is 5.92 Å². The Bertz CT molecular complexity index is 509. The molecule has 1 aromatic carbocycles. The van der Waals surface area contributed by atoms with Crippen molar-refractivity contribution in [3.05, 3.63) is 29.3 Å². The highest BCUT2D eigenvalue weighted by Gasteiger charge is 2.21. The fourth-order valence-corrected chi connectivity index (χ4v) is 2.20. The van der Waals surface area contributed by atoms with Gasteiger partial charge in [-0.15, -0.1) is 11.8 Å². The van der Waals surface area contributed by atoms with E-state index in [-0.39, 0.29) is 5.41 Å². The Morgan fingerprint density at radius 3 is 2.33 bits per heavy atom. The molecule has 1 heteroatoms. The van der Waals surface area contributed by atoms with Crippen LogP contribution in [0.4, 0.5) is 0 Å². The maximum Gasteiger partial charge on any atom is 0.123 e. The molecule has 1 rings (SSSR count). The van der Waals surface area contributed by atoms with Crippen molar-refractivity contribution >= 4 is 0 Å². The van der Waals surface area contributed by atoms with Crippen LogP contribution in [0, 0.1) is 17.8 Å². The summed E-state index contributed by atoms with van der Waals surface area (Å²) < 4.78 is 6.01. The maximum atomic E-state index is 6.01. The summed E-state index contributed by atoms with van der Waals surface area (Å²) in [5.74, 6) is 8.18. The van der Waals surface area contributed by atoms with E-state index in [1.807, 2.05) is 6.92 Å². The van der Waals surface area contributed by atoms with Gasteiger partial charge in [0.1, 0.15) is 5.75 Å². The van der Waals surface area contributed by atoms with Gasteiger partial charge >= 0.3 is 0 Å². The maximum absolute atomic E-state index is 6.01. The van der Waals surface area contributed by atoms with Gasteiger partial charge in [0.05, 0.1) is 6.61 Å². The van der Waals surface area contributed by atoms with Crippen LogP contribution in [0.1, 0.15) is 71.9 Å². The Morgan fingerprint density at radius 2 is 1.81 bits per heavy atom. The van der Waals surface area contributed by atoms with E-state index in [4.69, 9.17) is 4.74 Å². The van der Waals surface area contributed by atoms with Crippen LogP contribution in [0.5, 0.6) is 5.75 Å². The lowest BCUT2D eigenvalue weighted by atomic mass is 9.83. The van der Waals surface area contributed by atoms with Crippen molar-refractivity contribution in [1.82, 2.24) is 0 Å². The van der Waals surface area contributed by atoms with Crippen LogP contribution in [-0.4, -0.2) is 6.61 Å². The zero-order chi connectivity index (χ0) is 16.0. The van der Waals surface area contributed by atoms with Crippen molar-refractivity contribution in [3.8, 4) is 17.6 Å². The highest BCUT2D eigenvalue weighted by molar-refractivity contribution is 5.42. The minimum absolute atomic E-state index is 0.0818. The topological polar surface area (TPSA) is 9.23 Å². The van der Waals surface area contributed by atoms with E-state index in [9.17, 15) is 0 Å². The van der Waals surface area contributed by atoms with Crippen LogP contribution in [0.15, 0.2) is 18.2 Å². The Kier molecular flexibility index (Phi) is 6.34. The number of benzene rings is 1. The van der Waals surface area contributed by atoms with Crippen LogP contribution in [0.2, 0.25) is 0 Å². The zero-order valence-electron chi connectivity index (χ0n) is 14.7. The van der Waals surface area contributed by atoms with E-state index in [1.54, 1.807) is 0 Å². The molecule has 1 nitrogen and oxygen atoms in total. The molecule has 0 radical (unpaired) electrons. The molecule has 0 aliphatic carbocycles. The fraction of sp³-hybridized carbons (Fsp3) is 0.600. The van der Waals surface area contributed by atoms with Gasteiger partial charge in [-0.1, -0.05) is 53.7 Å². The summed E-state index contributed by atoms with van der Waals surface area (Å²) in [4.78, 5) is 0. The van der Waals surface area contributed by atoms with Crippen LogP contribution in [0.3, 0.4) is 0 Å². The highest BCUT2D eigenvalue weighted by Crippen LogP contribution is 2.34. The third kappa shape index (κ3) is 5.46. The van der Waals surface area contributed by atoms with Gasteiger partial charge in [-0.05, 0) is 41.4 Å². The number of ether oxygens (including phenoxy) is 1. The molecule has 0 aliphatic rings. The monoisotopic (exact) mass is 286 g/mol. The van der Waals surface area contributed by atoms with Gasteiger partial charge in [0, 0.05) is 6.42 Å². The van der Waals surface area contributed by atoms with E-state index in [1.165, 1.54) is 11.1 Å². The number of hydrogen-bond acceptors (Lipinski definition) is 1. The number of rotatable bonds is 5. The average molecular weight is 286 g/mol. The van der Waals surface area contributed by atoms with Gasteiger partial charge in [0.25, 0.3) is 0 Å². The SMILES string of the molecule is CC#CCC(C)c1ccc(OCC(C)C)c(C(C)(C)C)c1. The molecular formula is C20H30O. The molecule has 0 amide bonds. The van der Waals surface area contributed by atoms with Crippen molar-refractivity contribution in [1.29, 1.82) is 0 Å². The fourth-order valence-electron chi connectivity index (χ4n) is 2.20. The second-order valence-electron chi connectivity index (χ2n) is 7.24. The molecule has 0 heterocycles. The predicted octanol–water partition coefficient (Wildman–Crippen LogP) is 5.54. The van der Waals surface area contributed by atoms with E-state index < -0.39 is 0 Å². The Balaban J connectivity index is 3.08. The largest absolute Gasteiger partial charge is 0.493 e. The Labute approximate surface area is 131 Å². The lowest BCUT2D eigenvalue weighted by molar-refractivity contribution is 0.265. The molecule has 116 valence electrons. The molecule has 0 aliphatic heterocycles. The molecular weight excluding hydrogens is 256 g/mol. The molecule has 0 N–H and O–H groups in total. The molecule has 0 saturated heterocycles. The van der Waals surface area contributed by atoms with Crippen molar-refractivity contribution in [2.75, 3.05) is 6.61 Å². The molecule has 0 aromatic heterocycles. The summed E-state index contributed by atoms with van der Waals surface area (Å²) >= 11 is 0. The molecule has 1 aromatic rings. The predicted molar refractivity (Wildman–Crippen MR) is 92.0 cm³/mol. The van der Waals surface area contributed by atoms with Crippen LogP contribution in [0.25, 0.3) is 0 Å². The van der Waals surface area contributed by atoms with Crippen molar-refractivity contribution in [2.45, 2.75) is 66.2 Å².